The zero-order valence-corrected chi connectivity index (χ0v) is 35.0. The maximum atomic E-state index is 12.6. The van der Waals surface area contributed by atoms with Gasteiger partial charge in [-0.25, -0.2) is 0 Å². The van der Waals surface area contributed by atoms with Gasteiger partial charge in [0, 0.05) is 12.8 Å². The zero-order chi connectivity index (χ0) is 39.5. The summed E-state index contributed by atoms with van der Waals surface area (Å²) in [6, 6.07) is 0. The van der Waals surface area contributed by atoms with E-state index in [4.69, 9.17) is 18.5 Å². The first-order valence-corrected chi connectivity index (χ1v) is 21.9. The van der Waals surface area contributed by atoms with Crippen LogP contribution in [0.2, 0.25) is 0 Å². The number of ether oxygens (including phenoxy) is 2. The number of phosphoric acid groups is 1. The minimum absolute atomic E-state index is 0.0499. The maximum absolute atomic E-state index is 12.6. The Morgan fingerprint density at radius 2 is 1.32 bits per heavy atom. The van der Waals surface area contributed by atoms with Crippen LogP contribution in [0.15, 0.2) is 48.6 Å². The second kappa shape index (κ2) is 34.4. The molecule has 0 aliphatic heterocycles. The highest BCUT2D eigenvalue weighted by Crippen LogP contribution is 2.38. The lowest BCUT2D eigenvalue weighted by atomic mass is 10.1. The minimum Gasteiger partial charge on any atom is -0.756 e. The summed E-state index contributed by atoms with van der Waals surface area (Å²) in [6.45, 7) is 3.93. The van der Waals surface area contributed by atoms with Crippen molar-refractivity contribution in [3.05, 3.63) is 48.6 Å². The summed E-state index contributed by atoms with van der Waals surface area (Å²) in [5.74, 6) is -0.926. The van der Waals surface area contributed by atoms with Crippen molar-refractivity contribution < 1.29 is 47.2 Å². The Bertz CT molecular complexity index is 1070. The molecule has 53 heavy (non-hydrogen) atoms. The summed E-state index contributed by atoms with van der Waals surface area (Å²) in [5, 5.41) is 10.1. The molecule has 308 valence electrons. The van der Waals surface area contributed by atoms with Crippen LogP contribution in [-0.2, 0) is 32.7 Å². The molecule has 0 spiro atoms. The summed E-state index contributed by atoms with van der Waals surface area (Å²) in [6.07, 6.45) is 34.4. The van der Waals surface area contributed by atoms with Crippen molar-refractivity contribution >= 4 is 19.8 Å². The van der Waals surface area contributed by atoms with E-state index in [-0.39, 0.29) is 26.1 Å². The zero-order valence-electron chi connectivity index (χ0n) is 34.1. The number of esters is 2. The number of aliphatic hydroxyl groups is 1. The van der Waals surface area contributed by atoms with Gasteiger partial charge >= 0.3 is 11.9 Å². The lowest BCUT2D eigenvalue weighted by Crippen LogP contribution is -2.37. The molecule has 0 saturated heterocycles. The number of rotatable bonds is 36. The summed E-state index contributed by atoms with van der Waals surface area (Å²) in [4.78, 5) is 37.4. The number of carbonyl (C=O) groups excluding carboxylic acids is 2. The van der Waals surface area contributed by atoms with Crippen LogP contribution in [0.4, 0.5) is 0 Å². The number of hydrogen-bond acceptors (Lipinski definition) is 9. The monoisotopic (exact) mass is 770 g/mol. The molecule has 10 nitrogen and oxygen atoms in total. The van der Waals surface area contributed by atoms with Crippen molar-refractivity contribution in [1.29, 1.82) is 0 Å². The Hall–Kier alpha value is -2.07. The second-order valence-electron chi connectivity index (χ2n) is 14.8. The molecule has 2 unspecified atom stereocenters. The van der Waals surface area contributed by atoms with E-state index in [1.165, 1.54) is 25.7 Å². The van der Waals surface area contributed by atoms with Gasteiger partial charge in [0.1, 0.15) is 19.8 Å². The van der Waals surface area contributed by atoms with Gasteiger partial charge in [-0.15, -0.1) is 0 Å². The molecular formula is C42H76NO9P. The van der Waals surface area contributed by atoms with E-state index in [1.54, 1.807) is 6.08 Å². The molecule has 0 aromatic carbocycles. The van der Waals surface area contributed by atoms with Gasteiger partial charge in [0.2, 0.25) is 0 Å². The van der Waals surface area contributed by atoms with Gasteiger partial charge < -0.3 is 33.0 Å². The third-order valence-corrected chi connectivity index (χ3v) is 9.40. The average Bonchev–Trinajstić information content (AvgIpc) is 3.10. The molecule has 0 aromatic heterocycles. The standard InChI is InChI=1S/C42H76NO9P/c1-6-8-10-12-14-15-16-17-18-19-21-25-30-34-42(46)52-40(38-51-53(47,48)50-36-35-43(3,4)5)37-49-41(45)33-29-26-22-24-28-32-39(44)31-27-23-20-13-11-9-7-2/h9,11,15-16,20,23,27,31,39-40,44H,6-8,10,12-14,17-19,21-22,24-26,28-30,32-38H2,1-5H3/b11-9+,16-15-,23-20+,31-27+/t39?,40-/m1/s1. The Morgan fingerprint density at radius 3 is 1.96 bits per heavy atom. The molecule has 11 heteroatoms. The summed E-state index contributed by atoms with van der Waals surface area (Å²) >= 11 is 0. The Balaban J connectivity index is 4.51. The SMILES string of the molecule is CC/C=C/C/C=C/C=C/C(O)CCCCCCCC(=O)OC[C@H](COP(=O)([O-])OCC[N+](C)(C)C)OC(=O)CCCCCCC/C=C\CCCCCC. The van der Waals surface area contributed by atoms with Gasteiger partial charge in [-0.2, -0.15) is 0 Å². The first kappa shape index (κ1) is 50.9. The van der Waals surface area contributed by atoms with Crippen LogP contribution in [0.1, 0.15) is 149 Å². The number of allylic oxidation sites excluding steroid dienone is 7. The molecule has 0 saturated carbocycles. The summed E-state index contributed by atoms with van der Waals surface area (Å²) in [5.41, 5.74) is 0. The Kier molecular flexibility index (Phi) is 33.1. The molecule has 0 heterocycles. The van der Waals surface area contributed by atoms with Crippen molar-refractivity contribution in [2.24, 2.45) is 0 Å². The number of quaternary nitrogens is 1. The quantitative estimate of drug-likeness (QED) is 0.0165. The highest BCUT2D eigenvalue weighted by atomic mass is 31.2. The average molecular weight is 770 g/mol. The molecule has 0 bridgehead atoms. The third-order valence-electron chi connectivity index (χ3n) is 8.44. The fourth-order valence-electron chi connectivity index (χ4n) is 5.18. The Labute approximate surface area is 323 Å². The number of carbonyl (C=O) groups is 2. The molecule has 0 amide bonds. The van der Waals surface area contributed by atoms with Crippen LogP contribution in [0.25, 0.3) is 0 Å². The normalized spacial score (nSPS) is 14.8. The molecule has 0 aliphatic rings. The molecule has 0 rings (SSSR count). The highest BCUT2D eigenvalue weighted by Gasteiger charge is 2.21. The summed E-state index contributed by atoms with van der Waals surface area (Å²) in [7, 11) is 1.10. The molecule has 0 fully saturated rings. The van der Waals surface area contributed by atoms with Crippen molar-refractivity contribution in [1.82, 2.24) is 0 Å². The van der Waals surface area contributed by atoms with Gasteiger partial charge in [-0.3, -0.25) is 14.2 Å². The molecule has 0 aromatic rings. The van der Waals surface area contributed by atoms with Crippen molar-refractivity contribution in [3.63, 3.8) is 0 Å². The van der Waals surface area contributed by atoms with E-state index in [0.29, 0.717) is 30.3 Å². The van der Waals surface area contributed by atoms with Crippen molar-refractivity contribution in [3.8, 4) is 0 Å². The van der Waals surface area contributed by atoms with E-state index in [0.717, 1.165) is 77.0 Å². The van der Waals surface area contributed by atoms with E-state index in [2.05, 4.69) is 44.2 Å². The topological polar surface area (TPSA) is 131 Å². The van der Waals surface area contributed by atoms with Gasteiger partial charge in [0.25, 0.3) is 7.82 Å². The molecule has 3 atom stereocenters. The van der Waals surface area contributed by atoms with Crippen LogP contribution < -0.4 is 4.89 Å². The number of phosphoric ester groups is 1. The van der Waals surface area contributed by atoms with Crippen LogP contribution in [-0.4, -0.2) is 81.2 Å². The van der Waals surface area contributed by atoms with Crippen LogP contribution >= 0.6 is 7.82 Å². The van der Waals surface area contributed by atoms with E-state index in [9.17, 15) is 24.2 Å². The van der Waals surface area contributed by atoms with Gasteiger partial charge in [-0.05, 0) is 57.8 Å². The smallest absolute Gasteiger partial charge is 0.306 e. The molecule has 0 radical (unpaired) electrons. The number of likely N-dealkylation sites (N-methyl/N-ethyl adjacent to an activating group) is 1. The first-order chi connectivity index (χ1) is 25.4. The number of nitrogens with zero attached hydrogens (tertiary/aromatic N) is 1. The number of aliphatic hydroxyl groups excluding tert-OH is 1. The van der Waals surface area contributed by atoms with E-state index in [1.807, 2.05) is 33.3 Å². The predicted octanol–water partition coefficient (Wildman–Crippen LogP) is 9.47. The van der Waals surface area contributed by atoms with Gasteiger partial charge in [0.15, 0.2) is 6.10 Å². The second-order valence-corrected chi connectivity index (χ2v) is 16.2. The third kappa shape index (κ3) is 38.0. The lowest BCUT2D eigenvalue weighted by molar-refractivity contribution is -0.870. The van der Waals surface area contributed by atoms with Crippen molar-refractivity contribution in [2.45, 2.75) is 161 Å². The number of unbranched alkanes of at least 4 members (excludes halogenated alkanes) is 13. The van der Waals surface area contributed by atoms with E-state index >= 15 is 0 Å². The maximum Gasteiger partial charge on any atom is 0.306 e. The van der Waals surface area contributed by atoms with Gasteiger partial charge in [-0.1, -0.05) is 127 Å². The molecule has 0 aliphatic carbocycles. The summed E-state index contributed by atoms with van der Waals surface area (Å²) < 4.78 is 33.7. The molecule has 1 N–H and O–H groups in total. The van der Waals surface area contributed by atoms with E-state index < -0.39 is 38.6 Å². The van der Waals surface area contributed by atoms with Crippen LogP contribution in [0.3, 0.4) is 0 Å². The highest BCUT2D eigenvalue weighted by molar-refractivity contribution is 7.45. The largest absolute Gasteiger partial charge is 0.756 e. The predicted molar refractivity (Wildman–Crippen MR) is 214 cm³/mol. The van der Waals surface area contributed by atoms with Crippen molar-refractivity contribution in [2.75, 3.05) is 47.5 Å². The van der Waals surface area contributed by atoms with Crippen LogP contribution in [0, 0.1) is 0 Å². The Morgan fingerprint density at radius 1 is 0.717 bits per heavy atom. The molecular weight excluding hydrogens is 693 g/mol. The van der Waals surface area contributed by atoms with Gasteiger partial charge in [0.05, 0.1) is 33.9 Å². The lowest BCUT2D eigenvalue weighted by Gasteiger charge is -2.28. The van der Waals surface area contributed by atoms with Crippen LogP contribution in [0.5, 0.6) is 0 Å². The minimum atomic E-state index is -4.65. The fraction of sp³-hybridized carbons (Fsp3) is 0.762. The number of hydrogen-bond donors (Lipinski definition) is 1. The first-order valence-electron chi connectivity index (χ1n) is 20.5. The fourth-order valence-corrected chi connectivity index (χ4v) is 5.91.